The fourth-order valence-electron chi connectivity index (χ4n) is 2.81. The Morgan fingerprint density at radius 1 is 0.706 bits per heavy atom. The van der Waals surface area contributed by atoms with E-state index in [-0.39, 0.29) is 4.70 Å². The van der Waals surface area contributed by atoms with E-state index in [4.69, 9.17) is 0 Å². The van der Waals surface area contributed by atoms with Gasteiger partial charge in [0, 0.05) is 12.8 Å². The molecule has 1 rings (SSSR count). The van der Waals surface area contributed by atoms with Gasteiger partial charge < -0.3 is 9.60 Å². The summed E-state index contributed by atoms with van der Waals surface area (Å²) >= 11 is 0. The summed E-state index contributed by atoms with van der Waals surface area (Å²) in [6.45, 7) is 6.66. The van der Waals surface area contributed by atoms with Crippen LogP contribution in [-0.2, 0) is 0 Å². The zero-order valence-electron chi connectivity index (χ0n) is 11.8. The first-order chi connectivity index (χ1) is 7.93. The standard InChI is InChI=1S/C15H31N.FH/c1-2-3-4-5-6-7-8-9-10-13-16-14-11-12-15-16;/h2-15H2,1H3;1H. The molecule has 0 spiro atoms. The van der Waals surface area contributed by atoms with Gasteiger partial charge in [-0.05, 0) is 12.8 Å². The topological polar surface area (TPSA) is 4.44 Å². The van der Waals surface area contributed by atoms with Gasteiger partial charge in [0.1, 0.15) is 0 Å². The van der Waals surface area contributed by atoms with Gasteiger partial charge in [-0.3, -0.25) is 0 Å². The summed E-state index contributed by atoms with van der Waals surface area (Å²) in [6.07, 6.45) is 16.1. The predicted octanol–water partition coefficient (Wildman–Crippen LogP) is 0.200. The summed E-state index contributed by atoms with van der Waals surface area (Å²) < 4.78 is 0. The Hall–Kier alpha value is -0.110. The van der Waals surface area contributed by atoms with E-state index in [0.29, 0.717) is 0 Å². The van der Waals surface area contributed by atoms with Crippen LogP contribution in [0.5, 0.6) is 0 Å². The van der Waals surface area contributed by atoms with Gasteiger partial charge in [0.15, 0.2) is 0 Å². The smallest absolute Gasteiger partial charge is 0.0773 e. The molecule has 104 valence electrons. The molecule has 1 heterocycles. The monoisotopic (exact) mass is 245 g/mol. The highest BCUT2D eigenvalue weighted by molar-refractivity contribution is 4.48. The van der Waals surface area contributed by atoms with Crippen LogP contribution in [0.2, 0.25) is 0 Å². The average Bonchev–Trinajstić information content (AvgIpc) is 2.80. The van der Waals surface area contributed by atoms with Gasteiger partial charge in [-0.1, -0.05) is 51.9 Å². The number of halogens is 1. The van der Waals surface area contributed by atoms with E-state index < -0.39 is 0 Å². The predicted molar refractivity (Wildman–Crippen MR) is 72.0 cm³/mol. The first-order valence-corrected chi connectivity index (χ1v) is 7.77. The molecule has 0 aromatic rings. The van der Waals surface area contributed by atoms with Crippen molar-refractivity contribution in [1.29, 1.82) is 0 Å². The summed E-state index contributed by atoms with van der Waals surface area (Å²) in [4.78, 5) is 1.88. The van der Waals surface area contributed by atoms with E-state index in [0.717, 1.165) is 0 Å². The Bertz CT molecular complexity index is 144. The van der Waals surface area contributed by atoms with Crippen LogP contribution in [0.15, 0.2) is 0 Å². The summed E-state index contributed by atoms with van der Waals surface area (Å²) in [7, 11) is 0. The lowest BCUT2D eigenvalue weighted by Crippen LogP contribution is -3.09. The summed E-state index contributed by atoms with van der Waals surface area (Å²) in [5.74, 6) is 0. The van der Waals surface area contributed by atoms with E-state index in [9.17, 15) is 0 Å². The van der Waals surface area contributed by atoms with Gasteiger partial charge in [-0.2, -0.15) is 0 Å². The van der Waals surface area contributed by atoms with Crippen molar-refractivity contribution < 1.29 is 9.60 Å². The zero-order chi connectivity index (χ0) is 11.5. The number of rotatable bonds is 10. The second kappa shape index (κ2) is 12.3. The van der Waals surface area contributed by atoms with Crippen molar-refractivity contribution in [1.82, 2.24) is 0 Å². The van der Waals surface area contributed by atoms with Crippen molar-refractivity contribution in [3.63, 3.8) is 0 Å². The molecule has 0 atom stereocenters. The third-order valence-electron chi connectivity index (χ3n) is 3.94. The SMILES string of the molecule is CCCCCCCCCCC[NH+]1CCCC1.[F-]. The quantitative estimate of drug-likeness (QED) is 0.525. The number of unbranched alkanes of at least 4 members (excludes halogenated alkanes) is 8. The van der Waals surface area contributed by atoms with Crippen LogP contribution >= 0.6 is 0 Å². The van der Waals surface area contributed by atoms with Crippen molar-refractivity contribution in [3.8, 4) is 0 Å². The molecule has 1 nitrogen and oxygen atoms in total. The zero-order valence-corrected chi connectivity index (χ0v) is 11.8. The molecule has 1 saturated heterocycles. The first kappa shape index (κ1) is 16.9. The van der Waals surface area contributed by atoms with Crippen molar-refractivity contribution in [2.75, 3.05) is 19.6 Å². The van der Waals surface area contributed by atoms with Gasteiger partial charge in [0.25, 0.3) is 0 Å². The van der Waals surface area contributed by atoms with Gasteiger partial charge in [0.2, 0.25) is 0 Å². The number of likely N-dealkylation sites (tertiary alicyclic amines) is 1. The number of quaternary nitrogens is 1. The lowest BCUT2D eigenvalue weighted by Gasteiger charge is -2.11. The molecule has 0 unspecified atom stereocenters. The van der Waals surface area contributed by atoms with Gasteiger partial charge in [0.05, 0.1) is 19.6 Å². The highest BCUT2D eigenvalue weighted by atomic mass is 19.0. The molecule has 0 aromatic heterocycles. The van der Waals surface area contributed by atoms with Crippen molar-refractivity contribution in [3.05, 3.63) is 0 Å². The van der Waals surface area contributed by atoms with Crippen molar-refractivity contribution in [2.24, 2.45) is 0 Å². The molecule has 1 N–H and O–H groups in total. The molecule has 0 saturated carbocycles. The Balaban J connectivity index is 0.00000256. The van der Waals surface area contributed by atoms with Crippen LogP contribution in [0.1, 0.15) is 77.6 Å². The van der Waals surface area contributed by atoms with Crippen LogP contribution in [0, 0.1) is 0 Å². The molecule has 2 heteroatoms. The minimum atomic E-state index is 0. The minimum Gasteiger partial charge on any atom is -1.00 e. The largest absolute Gasteiger partial charge is 1.00 e. The lowest BCUT2D eigenvalue weighted by molar-refractivity contribution is -0.887. The molecule has 0 amide bonds. The normalized spacial score (nSPS) is 16.1. The summed E-state index contributed by atoms with van der Waals surface area (Å²) in [5, 5.41) is 0. The molecule has 0 bridgehead atoms. The van der Waals surface area contributed by atoms with E-state index in [1.165, 1.54) is 90.3 Å². The fourth-order valence-corrected chi connectivity index (χ4v) is 2.81. The third-order valence-corrected chi connectivity index (χ3v) is 3.94. The maximum atomic E-state index is 2.29. The van der Waals surface area contributed by atoms with Crippen molar-refractivity contribution in [2.45, 2.75) is 77.6 Å². The Kier molecular flexibility index (Phi) is 12.3. The highest BCUT2D eigenvalue weighted by Crippen LogP contribution is 2.09. The van der Waals surface area contributed by atoms with Gasteiger partial charge >= 0.3 is 0 Å². The maximum absolute atomic E-state index is 2.29. The molecule has 0 radical (unpaired) electrons. The Labute approximate surface area is 107 Å². The van der Waals surface area contributed by atoms with Gasteiger partial charge in [-0.15, -0.1) is 0 Å². The second-order valence-corrected chi connectivity index (χ2v) is 5.54. The third kappa shape index (κ3) is 9.58. The van der Waals surface area contributed by atoms with E-state index >= 15 is 0 Å². The number of nitrogens with one attached hydrogen (secondary N) is 1. The summed E-state index contributed by atoms with van der Waals surface area (Å²) in [5.41, 5.74) is 0. The molecule has 17 heavy (non-hydrogen) atoms. The van der Waals surface area contributed by atoms with Gasteiger partial charge in [-0.25, -0.2) is 0 Å². The first-order valence-electron chi connectivity index (χ1n) is 7.77. The highest BCUT2D eigenvalue weighted by Gasteiger charge is 2.13. The molecule has 0 aromatic carbocycles. The number of hydrogen-bond donors (Lipinski definition) is 1. The molecular formula is C15H32FN. The molecule has 0 aliphatic carbocycles. The Morgan fingerprint density at radius 2 is 1.18 bits per heavy atom. The second-order valence-electron chi connectivity index (χ2n) is 5.54. The molecule has 1 fully saturated rings. The van der Waals surface area contributed by atoms with E-state index in [1.54, 1.807) is 0 Å². The van der Waals surface area contributed by atoms with Crippen LogP contribution in [0.25, 0.3) is 0 Å². The fraction of sp³-hybridized carbons (Fsp3) is 1.00. The average molecular weight is 245 g/mol. The maximum Gasteiger partial charge on any atom is 0.0773 e. The molecular weight excluding hydrogens is 213 g/mol. The molecule has 1 aliphatic rings. The van der Waals surface area contributed by atoms with E-state index in [2.05, 4.69) is 6.92 Å². The van der Waals surface area contributed by atoms with Crippen LogP contribution < -0.4 is 9.60 Å². The van der Waals surface area contributed by atoms with Crippen molar-refractivity contribution >= 4 is 0 Å². The Morgan fingerprint density at radius 3 is 1.71 bits per heavy atom. The van der Waals surface area contributed by atoms with Crippen LogP contribution in [0.4, 0.5) is 0 Å². The van der Waals surface area contributed by atoms with Crippen LogP contribution in [0.3, 0.4) is 0 Å². The minimum absolute atomic E-state index is 0. The van der Waals surface area contributed by atoms with Crippen LogP contribution in [-0.4, -0.2) is 19.6 Å². The number of hydrogen-bond acceptors (Lipinski definition) is 0. The molecule has 1 aliphatic heterocycles. The lowest BCUT2D eigenvalue weighted by atomic mass is 10.1. The van der Waals surface area contributed by atoms with E-state index in [1.807, 2.05) is 4.90 Å². The summed E-state index contributed by atoms with van der Waals surface area (Å²) in [6, 6.07) is 0.